The molecule has 1 unspecified atom stereocenters. The summed E-state index contributed by atoms with van der Waals surface area (Å²) in [7, 11) is 0. The van der Waals surface area contributed by atoms with Gasteiger partial charge in [-0.3, -0.25) is 4.90 Å². The molecule has 0 saturated heterocycles. The van der Waals surface area contributed by atoms with Crippen molar-refractivity contribution in [2.45, 2.75) is 33.7 Å². The van der Waals surface area contributed by atoms with Crippen molar-refractivity contribution >= 4 is 0 Å². The standard InChI is InChI=1S/C14H23NO/c1-5-15(10-11(2)3)12(4)13-6-8-14(16)9-7-13/h6-9,11-12,16H,5,10H2,1-4H3. The summed E-state index contributed by atoms with van der Waals surface area (Å²) in [5.74, 6) is 1.02. The van der Waals surface area contributed by atoms with Crippen molar-refractivity contribution in [1.82, 2.24) is 4.90 Å². The zero-order valence-electron chi connectivity index (χ0n) is 10.8. The summed E-state index contributed by atoms with van der Waals surface area (Å²) in [4.78, 5) is 2.46. The van der Waals surface area contributed by atoms with E-state index in [2.05, 4.69) is 32.6 Å². The van der Waals surface area contributed by atoms with Gasteiger partial charge in [-0.2, -0.15) is 0 Å². The highest BCUT2D eigenvalue weighted by atomic mass is 16.3. The van der Waals surface area contributed by atoms with E-state index in [1.807, 2.05) is 12.1 Å². The van der Waals surface area contributed by atoms with Crippen molar-refractivity contribution in [1.29, 1.82) is 0 Å². The number of hydrogen-bond acceptors (Lipinski definition) is 2. The molecule has 0 spiro atoms. The summed E-state index contributed by atoms with van der Waals surface area (Å²) in [5.41, 5.74) is 1.26. The quantitative estimate of drug-likeness (QED) is 0.823. The molecular formula is C14H23NO. The van der Waals surface area contributed by atoms with Crippen LogP contribution >= 0.6 is 0 Å². The minimum absolute atomic E-state index is 0.336. The van der Waals surface area contributed by atoms with E-state index in [0.29, 0.717) is 17.7 Å². The van der Waals surface area contributed by atoms with Crippen molar-refractivity contribution in [2.75, 3.05) is 13.1 Å². The molecule has 0 aromatic heterocycles. The highest BCUT2D eigenvalue weighted by Crippen LogP contribution is 2.22. The van der Waals surface area contributed by atoms with Crippen LogP contribution in [0.3, 0.4) is 0 Å². The number of phenols is 1. The van der Waals surface area contributed by atoms with Crippen molar-refractivity contribution in [3.05, 3.63) is 29.8 Å². The molecule has 0 fully saturated rings. The van der Waals surface area contributed by atoms with Crippen LogP contribution in [0.2, 0.25) is 0 Å². The van der Waals surface area contributed by atoms with Crippen molar-refractivity contribution < 1.29 is 5.11 Å². The minimum atomic E-state index is 0.336. The molecule has 0 radical (unpaired) electrons. The fourth-order valence-corrected chi connectivity index (χ4v) is 1.99. The predicted molar refractivity (Wildman–Crippen MR) is 68.6 cm³/mol. The maximum absolute atomic E-state index is 9.27. The predicted octanol–water partition coefficient (Wildman–Crippen LogP) is 3.43. The maximum Gasteiger partial charge on any atom is 0.115 e. The molecule has 0 saturated carbocycles. The van der Waals surface area contributed by atoms with E-state index in [1.54, 1.807) is 12.1 Å². The molecule has 0 bridgehead atoms. The zero-order chi connectivity index (χ0) is 12.1. The molecule has 0 aliphatic carbocycles. The minimum Gasteiger partial charge on any atom is -0.508 e. The Labute approximate surface area is 98.9 Å². The Morgan fingerprint density at radius 1 is 1.12 bits per heavy atom. The van der Waals surface area contributed by atoms with E-state index >= 15 is 0 Å². The van der Waals surface area contributed by atoms with E-state index in [1.165, 1.54) is 5.56 Å². The van der Waals surface area contributed by atoms with Crippen LogP contribution in [0.25, 0.3) is 0 Å². The summed E-state index contributed by atoms with van der Waals surface area (Å²) in [6.45, 7) is 11.1. The van der Waals surface area contributed by atoms with E-state index < -0.39 is 0 Å². The first-order chi connectivity index (χ1) is 7.54. The third kappa shape index (κ3) is 3.53. The molecule has 2 nitrogen and oxygen atoms in total. The molecule has 16 heavy (non-hydrogen) atoms. The molecular weight excluding hydrogens is 198 g/mol. The summed E-state index contributed by atoms with van der Waals surface area (Å²) in [6, 6.07) is 7.93. The van der Waals surface area contributed by atoms with E-state index in [-0.39, 0.29) is 0 Å². The van der Waals surface area contributed by atoms with Crippen LogP contribution in [0.1, 0.15) is 39.3 Å². The number of rotatable bonds is 5. The van der Waals surface area contributed by atoms with Gasteiger partial charge in [-0.1, -0.05) is 32.9 Å². The van der Waals surface area contributed by atoms with E-state index in [4.69, 9.17) is 0 Å². The first-order valence-electron chi connectivity index (χ1n) is 6.07. The van der Waals surface area contributed by atoms with Crippen molar-refractivity contribution in [3.8, 4) is 5.75 Å². The van der Waals surface area contributed by atoms with Gasteiger partial charge in [-0.05, 0) is 37.1 Å². The fraction of sp³-hybridized carbons (Fsp3) is 0.571. The summed E-state index contributed by atoms with van der Waals surface area (Å²) >= 11 is 0. The number of nitrogens with zero attached hydrogens (tertiary/aromatic N) is 1. The van der Waals surface area contributed by atoms with Gasteiger partial charge in [0.15, 0.2) is 0 Å². The summed E-state index contributed by atoms with van der Waals surface area (Å²) in [6.07, 6.45) is 0. The SMILES string of the molecule is CCN(CC(C)C)C(C)c1ccc(O)cc1. The van der Waals surface area contributed by atoms with Crippen molar-refractivity contribution in [2.24, 2.45) is 5.92 Å². The van der Waals surface area contributed by atoms with Crippen molar-refractivity contribution in [3.63, 3.8) is 0 Å². The smallest absolute Gasteiger partial charge is 0.115 e. The van der Waals surface area contributed by atoms with Gasteiger partial charge in [0.1, 0.15) is 5.75 Å². The molecule has 1 aromatic rings. The van der Waals surface area contributed by atoms with Crippen LogP contribution in [0, 0.1) is 5.92 Å². The molecule has 1 N–H and O–H groups in total. The fourth-order valence-electron chi connectivity index (χ4n) is 1.99. The van der Waals surface area contributed by atoms with Crippen LogP contribution < -0.4 is 0 Å². The highest BCUT2D eigenvalue weighted by Gasteiger charge is 2.14. The van der Waals surface area contributed by atoms with Gasteiger partial charge in [-0.15, -0.1) is 0 Å². The van der Waals surface area contributed by atoms with E-state index in [0.717, 1.165) is 13.1 Å². The number of benzene rings is 1. The lowest BCUT2D eigenvalue weighted by molar-refractivity contribution is 0.197. The number of hydrogen-bond donors (Lipinski definition) is 1. The van der Waals surface area contributed by atoms with Crippen LogP contribution in [0.5, 0.6) is 5.75 Å². The lowest BCUT2D eigenvalue weighted by Crippen LogP contribution is -2.30. The second-order valence-electron chi connectivity index (χ2n) is 4.75. The van der Waals surface area contributed by atoms with Gasteiger partial charge in [0.25, 0.3) is 0 Å². The molecule has 90 valence electrons. The Kier molecular flexibility index (Phi) is 4.81. The maximum atomic E-state index is 9.27. The van der Waals surface area contributed by atoms with Gasteiger partial charge >= 0.3 is 0 Å². The van der Waals surface area contributed by atoms with Gasteiger partial charge in [0, 0.05) is 12.6 Å². The molecule has 2 heteroatoms. The largest absolute Gasteiger partial charge is 0.508 e. The van der Waals surface area contributed by atoms with Crippen LogP contribution in [-0.4, -0.2) is 23.1 Å². The number of phenolic OH excluding ortho intramolecular Hbond substituents is 1. The molecule has 1 rings (SSSR count). The first-order valence-corrected chi connectivity index (χ1v) is 6.07. The van der Waals surface area contributed by atoms with E-state index in [9.17, 15) is 5.11 Å². The van der Waals surface area contributed by atoms with Crippen LogP contribution in [-0.2, 0) is 0 Å². The molecule has 0 heterocycles. The van der Waals surface area contributed by atoms with Crippen LogP contribution in [0.15, 0.2) is 24.3 Å². The normalized spacial score (nSPS) is 13.4. The Balaban J connectivity index is 2.74. The third-order valence-electron chi connectivity index (χ3n) is 2.93. The molecule has 1 atom stereocenters. The number of aromatic hydroxyl groups is 1. The lowest BCUT2D eigenvalue weighted by Gasteiger charge is -2.29. The summed E-state index contributed by atoms with van der Waals surface area (Å²) in [5, 5.41) is 9.27. The molecule has 0 aliphatic heterocycles. The summed E-state index contributed by atoms with van der Waals surface area (Å²) < 4.78 is 0. The average Bonchev–Trinajstić information content (AvgIpc) is 2.25. The Bertz CT molecular complexity index is 305. The Morgan fingerprint density at radius 3 is 2.12 bits per heavy atom. The topological polar surface area (TPSA) is 23.5 Å². The second kappa shape index (κ2) is 5.90. The molecule has 1 aromatic carbocycles. The van der Waals surface area contributed by atoms with Gasteiger partial charge in [-0.25, -0.2) is 0 Å². The second-order valence-corrected chi connectivity index (χ2v) is 4.75. The third-order valence-corrected chi connectivity index (χ3v) is 2.93. The Morgan fingerprint density at radius 2 is 1.69 bits per heavy atom. The molecule has 0 aliphatic rings. The lowest BCUT2D eigenvalue weighted by atomic mass is 10.1. The van der Waals surface area contributed by atoms with Gasteiger partial charge in [0.05, 0.1) is 0 Å². The zero-order valence-corrected chi connectivity index (χ0v) is 10.8. The Hall–Kier alpha value is -1.02. The highest BCUT2D eigenvalue weighted by molar-refractivity contribution is 5.27. The molecule has 0 amide bonds. The first kappa shape index (κ1) is 13.0. The van der Waals surface area contributed by atoms with Crippen LogP contribution in [0.4, 0.5) is 0 Å². The monoisotopic (exact) mass is 221 g/mol. The average molecular weight is 221 g/mol. The van der Waals surface area contributed by atoms with Gasteiger partial charge in [0.2, 0.25) is 0 Å². The van der Waals surface area contributed by atoms with Gasteiger partial charge < -0.3 is 5.11 Å².